The number of fused-ring (bicyclic) bond motifs is 1. The highest BCUT2D eigenvalue weighted by Gasteiger charge is 2.14. The van der Waals surface area contributed by atoms with E-state index in [0.717, 1.165) is 21.0 Å². The van der Waals surface area contributed by atoms with E-state index in [2.05, 4.69) is 57.2 Å². The number of nitrogens with zero attached hydrogens (tertiary/aromatic N) is 3. The highest BCUT2D eigenvalue weighted by molar-refractivity contribution is 14.1. The molecular weight excluding hydrogens is 324 g/mol. The van der Waals surface area contributed by atoms with Gasteiger partial charge in [0.05, 0.1) is 5.39 Å². The summed E-state index contributed by atoms with van der Waals surface area (Å²) in [5, 5.41) is 1.49. The summed E-state index contributed by atoms with van der Waals surface area (Å²) < 4.78 is 3.26. The van der Waals surface area contributed by atoms with Gasteiger partial charge in [-0.2, -0.15) is 0 Å². The van der Waals surface area contributed by atoms with Gasteiger partial charge in [-0.15, -0.1) is 0 Å². The molecule has 1 atom stereocenters. The van der Waals surface area contributed by atoms with Crippen molar-refractivity contribution in [3.8, 4) is 0 Å². The number of halogens is 2. The first-order valence-electron chi connectivity index (χ1n) is 4.81. The zero-order valence-electron chi connectivity index (χ0n) is 8.54. The second-order valence-corrected chi connectivity index (χ2v) is 5.02. The fraction of sp³-hybridized carbons (Fsp3) is 0.400. The van der Waals surface area contributed by atoms with Gasteiger partial charge in [0.25, 0.3) is 0 Å². The molecule has 0 fully saturated rings. The third-order valence-corrected chi connectivity index (χ3v) is 3.69. The fourth-order valence-corrected chi connectivity index (χ4v) is 2.72. The number of hydrogen-bond donors (Lipinski definition) is 0. The topological polar surface area (TPSA) is 30.7 Å². The maximum Gasteiger partial charge on any atom is 0.146 e. The molecule has 0 bridgehead atoms. The maximum atomic E-state index is 6.05. The molecule has 0 saturated carbocycles. The Hall–Kier alpha value is -0.360. The van der Waals surface area contributed by atoms with Gasteiger partial charge in [-0.3, -0.25) is 0 Å². The Bertz CT molecular complexity index is 495. The molecule has 0 saturated heterocycles. The average Bonchev–Trinajstić information content (AvgIpc) is 2.56. The first-order chi connectivity index (χ1) is 7.15. The molecule has 0 spiro atoms. The van der Waals surface area contributed by atoms with Crippen LogP contribution in [0.5, 0.6) is 0 Å². The molecule has 3 nitrogen and oxygen atoms in total. The van der Waals surface area contributed by atoms with Crippen molar-refractivity contribution in [2.24, 2.45) is 0 Å². The molecule has 5 heteroatoms. The minimum Gasteiger partial charge on any atom is -0.329 e. The molecule has 2 aromatic rings. The van der Waals surface area contributed by atoms with Crippen molar-refractivity contribution in [2.75, 3.05) is 0 Å². The number of hydrogen-bond acceptors (Lipinski definition) is 2. The van der Waals surface area contributed by atoms with Crippen LogP contribution in [0.15, 0.2) is 12.5 Å². The lowest BCUT2D eigenvalue weighted by Crippen LogP contribution is -2.02. The summed E-state index contributed by atoms with van der Waals surface area (Å²) in [6.45, 7) is 4.33. The molecule has 2 aromatic heterocycles. The molecule has 80 valence electrons. The van der Waals surface area contributed by atoms with Crippen LogP contribution < -0.4 is 0 Å². The zero-order valence-corrected chi connectivity index (χ0v) is 11.5. The largest absolute Gasteiger partial charge is 0.329 e. The van der Waals surface area contributed by atoms with Crippen LogP contribution in [0.4, 0.5) is 0 Å². The van der Waals surface area contributed by atoms with E-state index in [9.17, 15) is 0 Å². The molecule has 2 rings (SSSR count). The van der Waals surface area contributed by atoms with Gasteiger partial charge in [0.1, 0.15) is 17.1 Å². The van der Waals surface area contributed by atoms with Crippen LogP contribution in [0.2, 0.25) is 5.15 Å². The molecular formula is C10H11ClIN3. The second-order valence-electron chi connectivity index (χ2n) is 3.50. The van der Waals surface area contributed by atoms with Gasteiger partial charge in [-0.25, -0.2) is 9.97 Å². The van der Waals surface area contributed by atoms with Crippen molar-refractivity contribution in [2.45, 2.75) is 26.3 Å². The molecule has 0 amide bonds. The van der Waals surface area contributed by atoms with Gasteiger partial charge in [0.2, 0.25) is 0 Å². The Labute approximate surface area is 107 Å². The highest BCUT2D eigenvalue weighted by atomic mass is 127. The summed E-state index contributed by atoms with van der Waals surface area (Å²) in [6.07, 6.45) is 4.67. The van der Waals surface area contributed by atoms with E-state index < -0.39 is 0 Å². The normalized spacial score (nSPS) is 13.3. The molecule has 0 radical (unpaired) electrons. The van der Waals surface area contributed by atoms with Gasteiger partial charge in [-0.1, -0.05) is 18.5 Å². The van der Waals surface area contributed by atoms with Crippen molar-refractivity contribution < 1.29 is 0 Å². The SMILES string of the molecule is CCC(C)n1cc(I)c2c(Cl)ncnc21. The minimum absolute atomic E-state index is 0.432. The molecule has 0 N–H and O–H groups in total. The van der Waals surface area contributed by atoms with E-state index >= 15 is 0 Å². The van der Waals surface area contributed by atoms with Crippen molar-refractivity contribution in [1.82, 2.24) is 14.5 Å². The lowest BCUT2D eigenvalue weighted by molar-refractivity contribution is 0.544. The number of aromatic nitrogens is 3. The Morgan fingerprint density at radius 1 is 1.53 bits per heavy atom. The Balaban J connectivity index is 2.73. The monoisotopic (exact) mass is 335 g/mol. The maximum absolute atomic E-state index is 6.05. The van der Waals surface area contributed by atoms with E-state index in [4.69, 9.17) is 11.6 Å². The summed E-state index contributed by atoms with van der Waals surface area (Å²) >= 11 is 8.32. The lowest BCUT2D eigenvalue weighted by Gasteiger charge is -2.11. The Morgan fingerprint density at radius 3 is 2.93 bits per heavy atom. The third-order valence-electron chi connectivity index (χ3n) is 2.58. The summed E-state index contributed by atoms with van der Waals surface area (Å²) in [5.41, 5.74) is 0.925. The van der Waals surface area contributed by atoms with Gasteiger partial charge >= 0.3 is 0 Å². The van der Waals surface area contributed by atoms with Crippen molar-refractivity contribution in [3.05, 3.63) is 21.2 Å². The molecule has 0 aromatic carbocycles. The first-order valence-corrected chi connectivity index (χ1v) is 6.27. The third kappa shape index (κ3) is 1.85. The quantitative estimate of drug-likeness (QED) is 0.619. The lowest BCUT2D eigenvalue weighted by atomic mass is 10.2. The average molecular weight is 336 g/mol. The summed E-state index contributed by atoms with van der Waals surface area (Å²) in [6, 6.07) is 0.432. The molecule has 15 heavy (non-hydrogen) atoms. The van der Waals surface area contributed by atoms with Crippen molar-refractivity contribution >= 4 is 45.2 Å². The molecule has 0 aliphatic rings. The molecule has 0 aliphatic carbocycles. The Kier molecular flexibility index (Phi) is 3.16. The van der Waals surface area contributed by atoms with Crippen LogP contribution in [0.1, 0.15) is 26.3 Å². The smallest absolute Gasteiger partial charge is 0.146 e. The van der Waals surface area contributed by atoms with Crippen LogP contribution in [0, 0.1) is 3.57 Å². The van der Waals surface area contributed by atoms with Gasteiger partial charge < -0.3 is 4.57 Å². The summed E-state index contributed by atoms with van der Waals surface area (Å²) in [7, 11) is 0. The van der Waals surface area contributed by atoms with E-state index in [1.54, 1.807) is 0 Å². The second kappa shape index (κ2) is 4.25. The Morgan fingerprint density at radius 2 is 2.27 bits per heavy atom. The first kappa shape index (κ1) is 11.1. The van der Waals surface area contributed by atoms with Crippen LogP contribution >= 0.6 is 34.2 Å². The van der Waals surface area contributed by atoms with Gasteiger partial charge in [0, 0.05) is 15.8 Å². The molecule has 0 aliphatic heterocycles. The minimum atomic E-state index is 0.432. The van der Waals surface area contributed by atoms with Gasteiger partial charge in [0.15, 0.2) is 0 Å². The summed E-state index contributed by atoms with van der Waals surface area (Å²) in [4.78, 5) is 8.30. The predicted octanol–water partition coefficient (Wildman–Crippen LogP) is 3.66. The predicted molar refractivity (Wildman–Crippen MR) is 70.3 cm³/mol. The van der Waals surface area contributed by atoms with E-state index in [0.29, 0.717) is 11.2 Å². The number of rotatable bonds is 2. The molecule has 1 unspecified atom stereocenters. The van der Waals surface area contributed by atoms with Crippen molar-refractivity contribution in [1.29, 1.82) is 0 Å². The van der Waals surface area contributed by atoms with Gasteiger partial charge in [-0.05, 0) is 35.9 Å². The zero-order chi connectivity index (χ0) is 11.0. The van der Waals surface area contributed by atoms with Crippen LogP contribution in [0.25, 0.3) is 11.0 Å². The van der Waals surface area contributed by atoms with Crippen LogP contribution in [-0.2, 0) is 0 Å². The highest BCUT2D eigenvalue weighted by Crippen LogP contribution is 2.29. The van der Waals surface area contributed by atoms with E-state index in [1.807, 2.05) is 0 Å². The van der Waals surface area contributed by atoms with E-state index in [-0.39, 0.29) is 0 Å². The van der Waals surface area contributed by atoms with Crippen LogP contribution in [-0.4, -0.2) is 14.5 Å². The molecule has 2 heterocycles. The summed E-state index contributed by atoms with van der Waals surface area (Å²) in [5.74, 6) is 0. The fourth-order valence-electron chi connectivity index (χ4n) is 1.54. The van der Waals surface area contributed by atoms with Crippen LogP contribution in [0.3, 0.4) is 0 Å². The van der Waals surface area contributed by atoms with E-state index in [1.165, 1.54) is 6.33 Å². The standard InChI is InChI=1S/C10H11ClIN3/c1-3-6(2)15-4-7(12)8-9(11)13-5-14-10(8)15/h4-6H,3H2,1-2H3. The van der Waals surface area contributed by atoms with Crippen molar-refractivity contribution in [3.63, 3.8) is 0 Å².